The van der Waals surface area contributed by atoms with E-state index in [2.05, 4.69) is 31.4 Å². The molecule has 6 nitrogen and oxygen atoms in total. The highest BCUT2D eigenvalue weighted by Gasteiger charge is 2.17. The van der Waals surface area contributed by atoms with Gasteiger partial charge in [-0.25, -0.2) is 0 Å². The van der Waals surface area contributed by atoms with Gasteiger partial charge in [-0.15, -0.1) is 0 Å². The lowest BCUT2D eigenvalue weighted by molar-refractivity contribution is -0.139. The van der Waals surface area contributed by atoms with Gasteiger partial charge in [0.15, 0.2) is 6.29 Å². The first-order valence-corrected chi connectivity index (χ1v) is 7.03. The average molecular weight is 308 g/mol. The first kappa shape index (κ1) is 18.1. The molecule has 1 aromatic rings. The van der Waals surface area contributed by atoms with Crippen molar-refractivity contribution in [2.75, 3.05) is 26.1 Å². The van der Waals surface area contributed by atoms with E-state index in [1.54, 1.807) is 12.1 Å². The zero-order valence-electron chi connectivity index (χ0n) is 13.7. The first-order valence-electron chi connectivity index (χ1n) is 7.03. The van der Waals surface area contributed by atoms with Crippen molar-refractivity contribution in [3.8, 4) is 0 Å². The number of nitrogens with one attached hydrogen (secondary N) is 2. The molecule has 0 saturated heterocycles. The quantitative estimate of drug-likeness (QED) is 0.640. The van der Waals surface area contributed by atoms with Crippen LogP contribution in [0.3, 0.4) is 0 Å². The lowest BCUT2D eigenvalue weighted by Crippen LogP contribution is -2.40. The van der Waals surface area contributed by atoms with Crippen molar-refractivity contribution in [2.45, 2.75) is 32.5 Å². The van der Waals surface area contributed by atoms with Crippen LogP contribution in [0.5, 0.6) is 0 Å². The van der Waals surface area contributed by atoms with E-state index < -0.39 is 18.1 Å². The summed E-state index contributed by atoms with van der Waals surface area (Å²) in [6, 6.07) is 7.41. The van der Waals surface area contributed by atoms with Crippen LogP contribution in [0, 0.1) is 0 Å². The molecule has 0 aliphatic rings. The lowest BCUT2D eigenvalue weighted by atomic mass is 9.87. The number of hydrogen-bond donors (Lipinski definition) is 2. The van der Waals surface area contributed by atoms with Gasteiger partial charge in [0, 0.05) is 19.9 Å². The van der Waals surface area contributed by atoms with E-state index in [9.17, 15) is 9.59 Å². The molecule has 0 spiro atoms. The van der Waals surface area contributed by atoms with Gasteiger partial charge < -0.3 is 20.1 Å². The number of carbonyl (C=O) groups is 2. The Morgan fingerprint density at radius 3 is 2.05 bits per heavy atom. The fourth-order valence-electron chi connectivity index (χ4n) is 1.76. The molecule has 122 valence electrons. The Morgan fingerprint density at radius 1 is 1.05 bits per heavy atom. The molecule has 22 heavy (non-hydrogen) atoms. The Morgan fingerprint density at radius 2 is 1.59 bits per heavy atom. The van der Waals surface area contributed by atoms with Gasteiger partial charge in [-0.3, -0.25) is 9.59 Å². The number of hydrogen-bond acceptors (Lipinski definition) is 4. The Hall–Kier alpha value is -1.92. The maximum Gasteiger partial charge on any atom is 0.313 e. The van der Waals surface area contributed by atoms with Crippen LogP contribution in [0.25, 0.3) is 0 Å². The summed E-state index contributed by atoms with van der Waals surface area (Å²) in [5.41, 5.74) is 1.76. The number of benzene rings is 1. The van der Waals surface area contributed by atoms with E-state index >= 15 is 0 Å². The Kier molecular flexibility index (Phi) is 6.52. The van der Waals surface area contributed by atoms with Gasteiger partial charge in [-0.1, -0.05) is 32.9 Å². The minimum atomic E-state index is -0.737. The van der Waals surface area contributed by atoms with Crippen molar-refractivity contribution in [1.29, 1.82) is 0 Å². The molecule has 0 bridgehead atoms. The van der Waals surface area contributed by atoms with Crippen molar-refractivity contribution in [3.63, 3.8) is 0 Å². The summed E-state index contributed by atoms with van der Waals surface area (Å²) < 4.78 is 9.85. The van der Waals surface area contributed by atoms with E-state index in [-0.39, 0.29) is 12.0 Å². The van der Waals surface area contributed by atoms with Crippen molar-refractivity contribution in [2.24, 2.45) is 0 Å². The number of amides is 2. The highest BCUT2D eigenvalue weighted by molar-refractivity contribution is 6.39. The van der Waals surface area contributed by atoms with Crippen LogP contribution in [-0.4, -0.2) is 38.9 Å². The van der Waals surface area contributed by atoms with Gasteiger partial charge in [0.1, 0.15) is 0 Å². The summed E-state index contributed by atoms with van der Waals surface area (Å²) in [7, 11) is 2.91. The molecule has 0 atom stereocenters. The number of carbonyl (C=O) groups excluding carboxylic acids is 2. The normalized spacial score (nSPS) is 11.4. The number of methoxy groups -OCH3 is 2. The molecule has 0 radical (unpaired) electrons. The summed E-state index contributed by atoms with van der Waals surface area (Å²) in [5.74, 6) is -1.46. The molecular formula is C16H24N2O4. The van der Waals surface area contributed by atoms with Gasteiger partial charge in [-0.2, -0.15) is 0 Å². The molecule has 0 unspecified atom stereocenters. The van der Waals surface area contributed by atoms with Crippen molar-refractivity contribution >= 4 is 17.5 Å². The fourth-order valence-corrected chi connectivity index (χ4v) is 1.76. The second-order valence-electron chi connectivity index (χ2n) is 5.89. The van der Waals surface area contributed by atoms with Gasteiger partial charge >= 0.3 is 11.8 Å². The Balaban J connectivity index is 2.55. The van der Waals surface area contributed by atoms with E-state index in [0.29, 0.717) is 5.69 Å². The summed E-state index contributed by atoms with van der Waals surface area (Å²) in [6.07, 6.45) is -0.581. The maximum atomic E-state index is 11.8. The van der Waals surface area contributed by atoms with Crippen molar-refractivity contribution in [1.82, 2.24) is 5.32 Å². The standard InChI is InChI=1S/C16H24N2O4/c1-16(2,3)11-6-8-12(9-7-11)18-15(20)14(19)17-10-13(21-4)22-5/h6-9,13H,10H2,1-5H3,(H,17,19)(H,18,20). The Labute approximate surface area is 131 Å². The predicted octanol–water partition coefficient (Wildman–Crippen LogP) is 1.66. The summed E-state index contributed by atoms with van der Waals surface area (Å²) >= 11 is 0. The summed E-state index contributed by atoms with van der Waals surface area (Å²) in [6.45, 7) is 6.42. The molecule has 1 rings (SSSR count). The third-order valence-electron chi connectivity index (χ3n) is 3.17. The van der Waals surface area contributed by atoms with Crippen LogP contribution >= 0.6 is 0 Å². The van der Waals surface area contributed by atoms with Crippen LogP contribution in [0.1, 0.15) is 26.3 Å². The van der Waals surface area contributed by atoms with Crippen LogP contribution in [0.15, 0.2) is 24.3 Å². The Bertz CT molecular complexity index is 502. The monoisotopic (exact) mass is 308 g/mol. The van der Waals surface area contributed by atoms with Crippen molar-refractivity contribution in [3.05, 3.63) is 29.8 Å². The summed E-state index contributed by atoms with van der Waals surface area (Å²) in [4.78, 5) is 23.5. The third kappa shape index (κ3) is 5.46. The highest BCUT2D eigenvalue weighted by atomic mass is 16.7. The van der Waals surface area contributed by atoms with Gasteiger partial charge in [-0.05, 0) is 23.1 Å². The molecule has 2 N–H and O–H groups in total. The lowest BCUT2D eigenvalue weighted by Gasteiger charge is -2.19. The maximum absolute atomic E-state index is 11.8. The zero-order chi connectivity index (χ0) is 16.8. The van der Waals surface area contributed by atoms with Crippen LogP contribution in [0.2, 0.25) is 0 Å². The number of ether oxygens (including phenoxy) is 2. The second-order valence-corrected chi connectivity index (χ2v) is 5.89. The minimum absolute atomic E-state index is 0.0369. The van der Waals surface area contributed by atoms with E-state index in [4.69, 9.17) is 9.47 Å². The smallest absolute Gasteiger partial charge is 0.313 e. The molecule has 0 aliphatic carbocycles. The van der Waals surface area contributed by atoms with E-state index in [1.165, 1.54) is 14.2 Å². The van der Waals surface area contributed by atoms with Gasteiger partial charge in [0.25, 0.3) is 0 Å². The SMILES string of the molecule is COC(CNC(=O)C(=O)Nc1ccc(C(C)(C)C)cc1)OC. The molecule has 2 amide bonds. The molecule has 0 saturated carbocycles. The zero-order valence-corrected chi connectivity index (χ0v) is 13.7. The largest absolute Gasteiger partial charge is 0.354 e. The molecule has 6 heteroatoms. The third-order valence-corrected chi connectivity index (χ3v) is 3.17. The van der Waals surface area contributed by atoms with E-state index in [0.717, 1.165) is 5.56 Å². The van der Waals surface area contributed by atoms with Crippen LogP contribution in [0.4, 0.5) is 5.69 Å². The number of rotatable bonds is 5. The van der Waals surface area contributed by atoms with Gasteiger partial charge in [0.2, 0.25) is 0 Å². The summed E-state index contributed by atoms with van der Waals surface area (Å²) in [5, 5.41) is 4.99. The second kappa shape index (κ2) is 7.91. The number of anilines is 1. The molecule has 0 aliphatic heterocycles. The van der Waals surface area contributed by atoms with Gasteiger partial charge in [0.05, 0.1) is 6.54 Å². The predicted molar refractivity (Wildman–Crippen MR) is 84.6 cm³/mol. The van der Waals surface area contributed by atoms with Crippen LogP contribution < -0.4 is 10.6 Å². The molecule has 0 fully saturated rings. The topological polar surface area (TPSA) is 76.7 Å². The first-order chi connectivity index (χ1) is 10.3. The van der Waals surface area contributed by atoms with Crippen molar-refractivity contribution < 1.29 is 19.1 Å². The van der Waals surface area contributed by atoms with Crippen LogP contribution in [-0.2, 0) is 24.5 Å². The molecule has 0 heterocycles. The molecule has 1 aromatic carbocycles. The molecular weight excluding hydrogens is 284 g/mol. The highest BCUT2D eigenvalue weighted by Crippen LogP contribution is 2.23. The average Bonchev–Trinajstić information content (AvgIpc) is 2.47. The van der Waals surface area contributed by atoms with E-state index in [1.807, 2.05) is 12.1 Å². The minimum Gasteiger partial charge on any atom is -0.354 e. The molecule has 0 aromatic heterocycles. The fraction of sp³-hybridized carbons (Fsp3) is 0.500.